The van der Waals surface area contributed by atoms with Gasteiger partial charge in [0.05, 0.1) is 5.54 Å². The van der Waals surface area contributed by atoms with Gasteiger partial charge in [0.2, 0.25) is 0 Å². The van der Waals surface area contributed by atoms with E-state index in [1.54, 1.807) is 0 Å². The lowest BCUT2D eigenvalue weighted by molar-refractivity contribution is 0.0932. The number of hydrogen-bond donors (Lipinski definition) is 2. The van der Waals surface area contributed by atoms with E-state index in [-0.39, 0.29) is 0 Å². The van der Waals surface area contributed by atoms with Crippen LogP contribution < -0.4 is 5.73 Å². The largest absolute Gasteiger partial charge is 0.386 e. The van der Waals surface area contributed by atoms with Gasteiger partial charge in [0.15, 0.2) is 0 Å². The van der Waals surface area contributed by atoms with E-state index < -0.39 is 11.6 Å². The van der Waals surface area contributed by atoms with Gasteiger partial charge in [-0.1, -0.05) is 60.7 Å². The summed E-state index contributed by atoms with van der Waals surface area (Å²) in [6, 6.07) is 19.2. The standard InChI is InChI=1S/C15H17NO/c1-15(16,13-10-6-3-7-11-13)14(17)12-8-4-2-5-9-12/h2-11,14,17H,16H2,1H3/t14-,15+/m1/s1. The number of nitrogens with two attached hydrogens (primary N) is 1. The first-order valence-corrected chi connectivity index (χ1v) is 5.70. The molecule has 2 aromatic carbocycles. The fourth-order valence-corrected chi connectivity index (χ4v) is 1.94. The molecule has 2 aromatic rings. The summed E-state index contributed by atoms with van der Waals surface area (Å²) in [5.41, 5.74) is 7.24. The molecular formula is C15H17NO. The van der Waals surface area contributed by atoms with E-state index in [4.69, 9.17) is 5.73 Å². The minimum Gasteiger partial charge on any atom is -0.386 e. The molecule has 2 heteroatoms. The van der Waals surface area contributed by atoms with E-state index in [2.05, 4.69) is 0 Å². The molecule has 3 N–H and O–H groups in total. The molecule has 88 valence electrons. The van der Waals surface area contributed by atoms with Crippen LogP contribution in [0.1, 0.15) is 24.2 Å². The average Bonchev–Trinajstić information content (AvgIpc) is 2.40. The highest BCUT2D eigenvalue weighted by atomic mass is 16.3. The van der Waals surface area contributed by atoms with Crippen LogP contribution in [0.5, 0.6) is 0 Å². The molecule has 0 aliphatic rings. The van der Waals surface area contributed by atoms with Crippen molar-refractivity contribution in [2.75, 3.05) is 0 Å². The predicted octanol–water partition coefficient (Wildman–Crippen LogP) is 2.59. The molecule has 0 radical (unpaired) electrons. The van der Waals surface area contributed by atoms with E-state index in [1.165, 1.54) is 0 Å². The Bertz CT molecular complexity index is 465. The van der Waals surface area contributed by atoms with Gasteiger partial charge in [0, 0.05) is 0 Å². The first-order chi connectivity index (χ1) is 8.12. The van der Waals surface area contributed by atoms with Crippen molar-refractivity contribution in [3.63, 3.8) is 0 Å². The van der Waals surface area contributed by atoms with Crippen molar-refractivity contribution >= 4 is 0 Å². The number of benzene rings is 2. The highest BCUT2D eigenvalue weighted by Gasteiger charge is 2.31. The predicted molar refractivity (Wildman–Crippen MR) is 69.4 cm³/mol. The van der Waals surface area contributed by atoms with Gasteiger partial charge >= 0.3 is 0 Å². The molecule has 2 nitrogen and oxygen atoms in total. The van der Waals surface area contributed by atoms with Crippen LogP contribution >= 0.6 is 0 Å². The Kier molecular flexibility index (Phi) is 3.27. The van der Waals surface area contributed by atoms with Gasteiger partial charge in [0.1, 0.15) is 6.10 Å². The molecule has 0 unspecified atom stereocenters. The van der Waals surface area contributed by atoms with Crippen LogP contribution in [0, 0.1) is 0 Å². The minimum absolute atomic E-state index is 0.717. The lowest BCUT2D eigenvalue weighted by atomic mass is 9.84. The smallest absolute Gasteiger partial charge is 0.101 e. The molecule has 0 fully saturated rings. The Morgan fingerprint density at radius 2 is 1.41 bits per heavy atom. The first kappa shape index (κ1) is 11.8. The molecule has 0 bridgehead atoms. The molecule has 0 aromatic heterocycles. The van der Waals surface area contributed by atoms with Gasteiger partial charge in [-0.05, 0) is 18.1 Å². The third-order valence-corrected chi connectivity index (χ3v) is 3.08. The summed E-state index contributed by atoms with van der Waals surface area (Å²) < 4.78 is 0. The van der Waals surface area contributed by atoms with Gasteiger partial charge in [-0.15, -0.1) is 0 Å². The third-order valence-electron chi connectivity index (χ3n) is 3.08. The van der Waals surface area contributed by atoms with E-state index in [0.717, 1.165) is 11.1 Å². The lowest BCUT2D eigenvalue weighted by Crippen LogP contribution is -2.39. The molecule has 0 aliphatic heterocycles. The first-order valence-electron chi connectivity index (χ1n) is 5.70. The summed E-state index contributed by atoms with van der Waals surface area (Å²) in [6.45, 7) is 1.85. The summed E-state index contributed by atoms with van der Waals surface area (Å²) in [5, 5.41) is 10.4. The van der Waals surface area contributed by atoms with Crippen LogP contribution in [-0.4, -0.2) is 5.11 Å². The molecule has 2 rings (SSSR count). The fourth-order valence-electron chi connectivity index (χ4n) is 1.94. The van der Waals surface area contributed by atoms with Crippen LogP contribution in [0.15, 0.2) is 60.7 Å². The summed E-state index contributed by atoms with van der Waals surface area (Å²) in [6.07, 6.45) is -0.717. The number of aliphatic hydroxyl groups excluding tert-OH is 1. The normalized spacial score (nSPS) is 16.2. The Morgan fingerprint density at radius 1 is 0.941 bits per heavy atom. The topological polar surface area (TPSA) is 46.2 Å². The van der Waals surface area contributed by atoms with Crippen LogP contribution in [-0.2, 0) is 5.54 Å². The van der Waals surface area contributed by atoms with Crippen LogP contribution in [0.3, 0.4) is 0 Å². The van der Waals surface area contributed by atoms with Gasteiger partial charge in [-0.3, -0.25) is 0 Å². The van der Waals surface area contributed by atoms with Crippen molar-refractivity contribution in [1.82, 2.24) is 0 Å². The van der Waals surface area contributed by atoms with Crippen molar-refractivity contribution in [2.24, 2.45) is 5.73 Å². The second-order valence-electron chi connectivity index (χ2n) is 4.46. The van der Waals surface area contributed by atoms with E-state index in [1.807, 2.05) is 67.6 Å². The summed E-state index contributed by atoms with van der Waals surface area (Å²) in [4.78, 5) is 0. The van der Waals surface area contributed by atoms with Crippen molar-refractivity contribution in [2.45, 2.75) is 18.6 Å². The Morgan fingerprint density at radius 3 is 1.94 bits per heavy atom. The van der Waals surface area contributed by atoms with Crippen molar-refractivity contribution < 1.29 is 5.11 Å². The maximum atomic E-state index is 10.4. The van der Waals surface area contributed by atoms with Gasteiger partial charge in [-0.25, -0.2) is 0 Å². The maximum Gasteiger partial charge on any atom is 0.101 e. The van der Waals surface area contributed by atoms with Crippen LogP contribution in [0.2, 0.25) is 0 Å². The van der Waals surface area contributed by atoms with Crippen LogP contribution in [0.4, 0.5) is 0 Å². The van der Waals surface area contributed by atoms with E-state index in [0.29, 0.717) is 0 Å². The number of hydrogen-bond acceptors (Lipinski definition) is 2. The van der Waals surface area contributed by atoms with E-state index >= 15 is 0 Å². The zero-order valence-electron chi connectivity index (χ0n) is 9.88. The molecule has 17 heavy (non-hydrogen) atoms. The lowest BCUT2D eigenvalue weighted by Gasteiger charge is -2.31. The third kappa shape index (κ3) is 2.38. The van der Waals surface area contributed by atoms with Gasteiger partial charge in [0.25, 0.3) is 0 Å². The Labute approximate surface area is 102 Å². The van der Waals surface area contributed by atoms with E-state index in [9.17, 15) is 5.11 Å². The molecule has 0 saturated carbocycles. The highest BCUT2D eigenvalue weighted by Crippen LogP contribution is 2.32. The molecular weight excluding hydrogens is 210 g/mol. The quantitative estimate of drug-likeness (QED) is 0.846. The SMILES string of the molecule is C[C@](N)(c1ccccc1)[C@H](O)c1ccccc1. The van der Waals surface area contributed by atoms with Crippen LogP contribution in [0.25, 0.3) is 0 Å². The fraction of sp³-hybridized carbons (Fsp3) is 0.200. The number of aliphatic hydroxyl groups is 1. The minimum atomic E-state index is -0.789. The Hall–Kier alpha value is -1.64. The maximum absolute atomic E-state index is 10.4. The summed E-state index contributed by atoms with van der Waals surface area (Å²) in [5.74, 6) is 0. The Balaban J connectivity index is 2.33. The number of rotatable bonds is 3. The molecule has 0 amide bonds. The molecule has 0 heterocycles. The molecule has 0 saturated heterocycles. The molecule has 0 aliphatic carbocycles. The average molecular weight is 227 g/mol. The second-order valence-corrected chi connectivity index (χ2v) is 4.46. The van der Waals surface area contributed by atoms with Gasteiger partial charge in [-0.2, -0.15) is 0 Å². The zero-order valence-corrected chi connectivity index (χ0v) is 9.88. The van der Waals surface area contributed by atoms with Gasteiger partial charge < -0.3 is 10.8 Å². The van der Waals surface area contributed by atoms with Crippen molar-refractivity contribution in [1.29, 1.82) is 0 Å². The van der Waals surface area contributed by atoms with Crippen molar-refractivity contribution in [3.05, 3.63) is 71.8 Å². The molecule has 2 atom stereocenters. The second kappa shape index (κ2) is 4.70. The molecule has 0 spiro atoms. The highest BCUT2D eigenvalue weighted by molar-refractivity contribution is 5.29. The summed E-state index contributed by atoms with van der Waals surface area (Å²) >= 11 is 0. The zero-order chi connectivity index (χ0) is 12.3. The van der Waals surface area contributed by atoms with Crippen molar-refractivity contribution in [3.8, 4) is 0 Å². The monoisotopic (exact) mass is 227 g/mol. The summed E-state index contributed by atoms with van der Waals surface area (Å²) in [7, 11) is 0.